The lowest BCUT2D eigenvalue weighted by molar-refractivity contribution is 0.202. The summed E-state index contributed by atoms with van der Waals surface area (Å²) in [4.78, 5) is 4.62. The van der Waals surface area contributed by atoms with Gasteiger partial charge in [-0.1, -0.05) is 32.0 Å². The van der Waals surface area contributed by atoms with Crippen molar-refractivity contribution in [1.82, 2.24) is 4.90 Å². The van der Waals surface area contributed by atoms with Gasteiger partial charge >= 0.3 is 0 Å². The van der Waals surface area contributed by atoms with Crippen molar-refractivity contribution in [3.8, 4) is 0 Å². The Morgan fingerprint density at radius 2 is 1.95 bits per heavy atom. The van der Waals surface area contributed by atoms with Crippen LogP contribution in [0.3, 0.4) is 0 Å². The predicted octanol–water partition coefficient (Wildman–Crippen LogP) is 2.15. The van der Waals surface area contributed by atoms with E-state index in [1.807, 2.05) is 0 Å². The van der Waals surface area contributed by atoms with Gasteiger partial charge in [0.2, 0.25) is 0 Å². The van der Waals surface area contributed by atoms with Crippen molar-refractivity contribution in [2.75, 3.05) is 36.5 Å². The van der Waals surface area contributed by atoms with Crippen LogP contribution >= 0.6 is 0 Å². The molecule has 118 valence electrons. The van der Waals surface area contributed by atoms with E-state index in [4.69, 9.17) is 0 Å². The standard InChI is InChI=1S/C16H26N2O2S/c1-4-15-13-17(3)16-9-7-6-8-14(16)12-18(15)10-11-21(19,20)5-2/h6-9,15H,4-5,10-13H2,1-3H3/t15-/m0/s1. The number of fused-ring (bicyclic) bond motifs is 1. The van der Waals surface area contributed by atoms with Crippen LogP contribution < -0.4 is 4.90 Å². The van der Waals surface area contributed by atoms with E-state index in [0.29, 0.717) is 12.6 Å². The number of anilines is 1. The molecule has 1 aromatic carbocycles. The number of hydrogen-bond donors (Lipinski definition) is 0. The molecule has 1 aromatic rings. The minimum Gasteiger partial charge on any atom is -0.373 e. The van der Waals surface area contributed by atoms with Crippen LogP contribution in [-0.4, -0.2) is 51.0 Å². The van der Waals surface area contributed by atoms with E-state index >= 15 is 0 Å². The summed E-state index contributed by atoms with van der Waals surface area (Å²) >= 11 is 0. The Bertz CT molecular complexity index is 571. The lowest BCUT2D eigenvalue weighted by atomic mass is 10.1. The fourth-order valence-corrected chi connectivity index (χ4v) is 3.75. The molecule has 0 saturated heterocycles. The zero-order valence-corrected chi connectivity index (χ0v) is 14.1. The molecule has 0 aromatic heterocycles. The van der Waals surface area contributed by atoms with Crippen molar-refractivity contribution in [3.05, 3.63) is 29.8 Å². The highest BCUT2D eigenvalue weighted by molar-refractivity contribution is 7.91. The van der Waals surface area contributed by atoms with Gasteiger partial charge in [-0.15, -0.1) is 0 Å². The molecular weight excluding hydrogens is 284 g/mol. The van der Waals surface area contributed by atoms with E-state index in [1.165, 1.54) is 11.3 Å². The van der Waals surface area contributed by atoms with Crippen molar-refractivity contribution in [2.45, 2.75) is 32.9 Å². The molecule has 0 unspecified atom stereocenters. The molecule has 0 saturated carbocycles. The zero-order valence-electron chi connectivity index (χ0n) is 13.2. The molecule has 1 atom stereocenters. The maximum absolute atomic E-state index is 11.8. The molecule has 0 fully saturated rings. The Morgan fingerprint density at radius 1 is 1.24 bits per heavy atom. The molecule has 1 aliphatic rings. The summed E-state index contributed by atoms with van der Waals surface area (Å²) in [5, 5.41) is 0. The minimum atomic E-state index is -2.91. The third kappa shape index (κ3) is 3.98. The molecule has 21 heavy (non-hydrogen) atoms. The normalized spacial score (nSPS) is 20.1. The maximum atomic E-state index is 11.8. The van der Waals surface area contributed by atoms with Crippen LogP contribution in [0, 0.1) is 0 Å². The molecule has 0 N–H and O–H groups in total. The number of para-hydroxylation sites is 1. The number of nitrogens with zero attached hydrogens (tertiary/aromatic N) is 2. The highest BCUT2D eigenvalue weighted by Gasteiger charge is 2.25. The fraction of sp³-hybridized carbons (Fsp3) is 0.625. The van der Waals surface area contributed by atoms with Crippen molar-refractivity contribution in [3.63, 3.8) is 0 Å². The van der Waals surface area contributed by atoms with E-state index in [9.17, 15) is 8.42 Å². The molecule has 0 bridgehead atoms. The van der Waals surface area contributed by atoms with Crippen LogP contribution in [0.1, 0.15) is 25.8 Å². The van der Waals surface area contributed by atoms with Gasteiger partial charge in [0.1, 0.15) is 0 Å². The quantitative estimate of drug-likeness (QED) is 0.835. The van der Waals surface area contributed by atoms with Crippen molar-refractivity contribution >= 4 is 15.5 Å². The minimum absolute atomic E-state index is 0.230. The smallest absolute Gasteiger partial charge is 0.151 e. The van der Waals surface area contributed by atoms with Crippen LogP contribution in [0.5, 0.6) is 0 Å². The first-order chi connectivity index (χ1) is 9.96. The van der Waals surface area contributed by atoms with Gasteiger partial charge in [-0.3, -0.25) is 4.90 Å². The third-order valence-electron chi connectivity index (χ3n) is 4.38. The molecule has 1 aliphatic heterocycles. The lowest BCUT2D eigenvalue weighted by Gasteiger charge is -2.30. The van der Waals surface area contributed by atoms with Gasteiger partial charge in [-0.05, 0) is 18.1 Å². The number of sulfone groups is 1. The highest BCUT2D eigenvalue weighted by Crippen LogP contribution is 2.26. The van der Waals surface area contributed by atoms with E-state index in [2.05, 4.69) is 48.0 Å². The third-order valence-corrected chi connectivity index (χ3v) is 6.06. The average molecular weight is 310 g/mol. The van der Waals surface area contributed by atoms with E-state index in [-0.39, 0.29) is 11.5 Å². The van der Waals surface area contributed by atoms with Crippen molar-refractivity contribution in [1.29, 1.82) is 0 Å². The first kappa shape index (κ1) is 16.3. The Hall–Kier alpha value is -1.07. The second kappa shape index (κ2) is 6.79. The van der Waals surface area contributed by atoms with Crippen molar-refractivity contribution in [2.24, 2.45) is 0 Å². The fourth-order valence-electron chi connectivity index (χ4n) is 2.94. The van der Waals surface area contributed by atoms with E-state index in [0.717, 1.165) is 19.5 Å². The molecule has 4 nitrogen and oxygen atoms in total. The molecule has 1 heterocycles. The monoisotopic (exact) mass is 310 g/mol. The van der Waals surface area contributed by atoms with Crippen LogP contribution in [0.15, 0.2) is 24.3 Å². The molecule has 0 radical (unpaired) electrons. The lowest BCUT2D eigenvalue weighted by Crippen LogP contribution is -2.42. The summed E-state index contributed by atoms with van der Waals surface area (Å²) in [6, 6.07) is 8.81. The average Bonchev–Trinajstić information content (AvgIpc) is 2.62. The van der Waals surface area contributed by atoms with Gasteiger partial charge < -0.3 is 4.90 Å². The Kier molecular flexibility index (Phi) is 5.27. The summed E-state index contributed by atoms with van der Waals surface area (Å²) in [6.07, 6.45) is 1.03. The Labute approximate surface area is 128 Å². The van der Waals surface area contributed by atoms with Gasteiger partial charge in [-0.2, -0.15) is 0 Å². The van der Waals surface area contributed by atoms with Gasteiger partial charge in [0.15, 0.2) is 9.84 Å². The second-order valence-electron chi connectivity index (χ2n) is 5.78. The van der Waals surface area contributed by atoms with Crippen LogP contribution in [0.2, 0.25) is 0 Å². The van der Waals surface area contributed by atoms with Crippen molar-refractivity contribution < 1.29 is 8.42 Å². The molecule has 2 rings (SSSR count). The summed E-state index contributed by atoms with van der Waals surface area (Å²) in [7, 11) is -0.790. The Morgan fingerprint density at radius 3 is 2.62 bits per heavy atom. The summed E-state index contributed by atoms with van der Waals surface area (Å²) in [6.45, 7) is 6.29. The number of benzene rings is 1. The van der Waals surface area contributed by atoms with Gasteiger partial charge in [0.25, 0.3) is 0 Å². The molecule has 0 amide bonds. The summed E-state index contributed by atoms with van der Waals surface area (Å²) in [5.74, 6) is 0.486. The Balaban J connectivity index is 2.19. The first-order valence-corrected chi connectivity index (χ1v) is 9.52. The largest absolute Gasteiger partial charge is 0.373 e. The highest BCUT2D eigenvalue weighted by atomic mass is 32.2. The molecule has 0 spiro atoms. The molecule has 5 heteroatoms. The van der Waals surface area contributed by atoms with Gasteiger partial charge in [0.05, 0.1) is 5.75 Å². The summed E-state index contributed by atoms with van der Waals surface area (Å²) < 4.78 is 23.6. The zero-order chi connectivity index (χ0) is 15.5. The van der Waals surface area contributed by atoms with E-state index in [1.54, 1.807) is 6.92 Å². The van der Waals surface area contributed by atoms with Gasteiger partial charge in [-0.25, -0.2) is 8.42 Å². The van der Waals surface area contributed by atoms with E-state index < -0.39 is 9.84 Å². The maximum Gasteiger partial charge on any atom is 0.151 e. The number of hydrogen-bond acceptors (Lipinski definition) is 4. The SMILES string of the molecule is CC[C@H]1CN(C)c2ccccc2CN1CCS(=O)(=O)CC. The molecule has 0 aliphatic carbocycles. The summed E-state index contributed by atoms with van der Waals surface area (Å²) in [5.41, 5.74) is 2.54. The molecular formula is C16H26N2O2S. The number of likely N-dealkylation sites (N-methyl/N-ethyl adjacent to an activating group) is 1. The van der Waals surface area contributed by atoms with Gasteiger partial charge in [0, 0.05) is 44.2 Å². The second-order valence-corrected chi connectivity index (χ2v) is 8.25. The topological polar surface area (TPSA) is 40.6 Å². The number of rotatable bonds is 5. The van der Waals surface area contributed by atoms with Crippen LogP contribution in [0.25, 0.3) is 0 Å². The van der Waals surface area contributed by atoms with Crippen LogP contribution in [0.4, 0.5) is 5.69 Å². The first-order valence-electron chi connectivity index (χ1n) is 7.70. The predicted molar refractivity (Wildman–Crippen MR) is 88.5 cm³/mol. The van der Waals surface area contributed by atoms with Crippen LogP contribution in [-0.2, 0) is 16.4 Å².